The van der Waals surface area contributed by atoms with Crippen molar-refractivity contribution in [1.82, 2.24) is 0 Å². The van der Waals surface area contributed by atoms with E-state index >= 15 is 0 Å². The molecule has 1 fully saturated rings. The van der Waals surface area contributed by atoms with E-state index in [1.807, 2.05) is 0 Å². The summed E-state index contributed by atoms with van der Waals surface area (Å²) in [4.78, 5) is 11.0. The van der Waals surface area contributed by atoms with Crippen molar-refractivity contribution < 1.29 is 9.53 Å². The van der Waals surface area contributed by atoms with Gasteiger partial charge in [0.15, 0.2) is 0 Å². The van der Waals surface area contributed by atoms with Crippen LogP contribution in [0.25, 0.3) is 0 Å². The second-order valence-electron chi connectivity index (χ2n) is 3.38. The van der Waals surface area contributed by atoms with E-state index in [0.29, 0.717) is 12.5 Å². The van der Waals surface area contributed by atoms with Crippen LogP contribution >= 0.6 is 11.8 Å². The topological polar surface area (TPSA) is 26.3 Å². The Hall–Kier alpha value is -0.0200. The van der Waals surface area contributed by atoms with Crippen molar-refractivity contribution in [3.63, 3.8) is 0 Å². The first-order valence-electron chi connectivity index (χ1n) is 4.34. The van der Waals surface area contributed by atoms with Crippen LogP contribution < -0.4 is 0 Å². The van der Waals surface area contributed by atoms with Gasteiger partial charge in [0, 0.05) is 13.0 Å². The molecule has 2 unspecified atom stereocenters. The Morgan fingerprint density at radius 1 is 1.75 bits per heavy atom. The molecule has 1 saturated heterocycles. The number of rotatable bonds is 4. The number of carbonyl (C=O) groups is 1. The van der Waals surface area contributed by atoms with Crippen molar-refractivity contribution in [1.29, 1.82) is 0 Å². The lowest BCUT2D eigenvalue weighted by Crippen LogP contribution is -2.34. The first-order valence-corrected chi connectivity index (χ1v) is 5.33. The molecule has 0 aliphatic carbocycles. The average Bonchev–Trinajstić information content (AvgIpc) is 2.54. The van der Waals surface area contributed by atoms with E-state index in [0.717, 1.165) is 24.9 Å². The highest BCUT2D eigenvalue weighted by Gasteiger charge is 2.39. The van der Waals surface area contributed by atoms with Gasteiger partial charge in [0.1, 0.15) is 6.29 Å². The minimum absolute atomic E-state index is 0.143. The van der Waals surface area contributed by atoms with Crippen molar-refractivity contribution in [2.75, 3.05) is 19.5 Å². The van der Waals surface area contributed by atoms with Crippen LogP contribution in [0, 0.1) is 5.92 Å². The number of hydrogen-bond acceptors (Lipinski definition) is 3. The van der Waals surface area contributed by atoms with Crippen molar-refractivity contribution in [2.24, 2.45) is 5.92 Å². The molecule has 3 heteroatoms. The molecule has 12 heavy (non-hydrogen) atoms. The Balaban J connectivity index is 2.58. The van der Waals surface area contributed by atoms with E-state index in [1.54, 1.807) is 18.9 Å². The summed E-state index contributed by atoms with van der Waals surface area (Å²) in [6, 6.07) is 0. The zero-order valence-corrected chi connectivity index (χ0v) is 8.52. The van der Waals surface area contributed by atoms with Gasteiger partial charge in [-0.15, -0.1) is 11.8 Å². The second-order valence-corrected chi connectivity index (χ2v) is 4.84. The van der Waals surface area contributed by atoms with Gasteiger partial charge in [-0.3, -0.25) is 0 Å². The molecule has 0 saturated carbocycles. The molecule has 2 nitrogen and oxygen atoms in total. The number of carbonyl (C=O) groups excluding carboxylic acids is 1. The maximum absolute atomic E-state index is 11.0. The lowest BCUT2D eigenvalue weighted by atomic mass is 9.91. The number of hydrogen-bond donors (Lipinski definition) is 0. The van der Waals surface area contributed by atoms with E-state index in [4.69, 9.17) is 4.74 Å². The zero-order chi connectivity index (χ0) is 9.03. The molecule has 0 aromatic heterocycles. The standard InChI is InChI=1S/C9H16O2S/c1-8(6-11-2)9(7-10)4-3-5-12-9/h7-8H,3-6H2,1-2H3. The highest BCUT2D eigenvalue weighted by molar-refractivity contribution is 8.01. The second kappa shape index (κ2) is 4.28. The third kappa shape index (κ3) is 1.83. The van der Waals surface area contributed by atoms with Gasteiger partial charge < -0.3 is 9.53 Å². The van der Waals surface area contributed by atoms with E-state index in [9.17, 15) is 4.79 Å². The monoisotopic (exact) mass is 188 g/mol. The van der Waals surface area contributed by atoms with Gasteiger partial charge in [-0.05, 0) is 18.6 Å². The van der Waals surface area contributed by atoms with E-state index in [-0.39, 0.29) is 4.75 Å². The molecule has 1 heterocycles. The lowest BCUT2D eigenvalue weighted by Gasteiger charge is -2.27. The maximum atomic E-state index is 11.0. The molecule has 0 radical (unpaired) electrons. The molecule has 2 atom stereocenters. The summed E-state index contributed by atoms with van der Waals surface area (Å²) in [6.45, 7) is 2.78. The minimum atomic E-state index is -0.143. The smallest absolute Gasteiger partial charge is 0.136 e. The summed E-state index contributed by atoms with van der Waals surface area (Å²) in [7, 11) is 1.69. The van der Waals surface area contributed by atoms with Gasteiger partial charge in [0.25, 0.3) is 0 Å². The number of ether oxygens (including phenoxy) is 1. The molecule has 0 aromatic rings. The van der Waals surface area contributed by atoms with E-state index in [2.05, 4.69) is 6.92 Å². The molecule has 0 N–H and O–H groups in total. The number of thioether (sulfide) groups is 1. The van der Waals surface area contributed by atoms with Crippen LogP contribution in [-0.4, -0.2) is 30.5 Å². The molecular weight excluding hydrogens is 172 g/mol. The molecule has 0 bridgehead atoms. The fourth-order valence-electron chi connectivity index (χ4n) is 1.67. The van der Waals surface area contributed by atoms with Crippen LogP contribution in [0.2, 0.25) is 0 Å². The summed E-state index contributed by atoms with van der Waals surface area (Å²) < 4.78 is 4.93. The average molecular weight is 188 g/mol. The van der Waals surface area contributed by atoms with Gasteiger partial charge in [-0.1, -0.05) is 6.92 Å². The number of methoxy groups -OCH3 is 1. The summed E-state index contributed by atoms with van der Waals surface area (Å²) in [5.41, 5.74) is 0. The van der Waals surface area contributed by atoms with Gasteiger partial charge in [0.05, 0.1) is 11.4 Å². The van der Waals surface area contributed by atoms with Crippen molar-refractivity contribution in [3.05, 3.63) is 0 Å². The molecule has 1 aliphatic heterocycles. The first kappa shape index (κ1) is 10.1. The van der Waals surface area contributed by atoms with Crippen LogP contribution in [0.1, 0.15) is 19.8 Å². The SMILES string of the molecule is COCC(C)C1(C=O)CCCS1. The fraction of sp³-hybridized carbons (Fsp3) is 0.889. The summed E-state index contributed by atoms with van der Waals surface area (Å²) in [6.07, 6.45) is 3.30. The Labute approximate surface area is 78.1 Å². The fourth-order valence-corrected chi connectivity index (χ4v) is 3.05. The van der Waals surface area contributed by atoms with Crippen molar-refractivity contribution in [2.45, 2.75) is 24.5 Å². The Morgan fingerprint density at radius 3 is 2.92 bits per heavy atom. The highest BCUT2D eigenvalue weighted by Crippen LogP contribution is 2.42. The molecule has 1 rings (SSSR count). The minimum Gasteiger partial charge on any atom is -0.384 e. The Bertz CT molecular complexity index is 153. The normalized spacial score (nSPS) is 31.8. The van der Waals surface area contributed by atoms with Crippen molar-refractivity contribution in [3.8, 4) is 0 Å². The third-order valence-electron chi connectivity index (χ3n) is 2.53. The largest absolute Gasteiger partial charge is 0.384 e. The van der Waals surface area contributed by atoms with Crippen LogP contribution in [0.3, 0.4) is 0 Å². The molecule has 1 aliphatic rings. The predicted molar refractivity (Wildman–Crippen MR) is 51.5 cm³/mol. The van der Waals surface area contributed by atoms with Crippen LogP contribution in [0.15, 0.2) is 0 Å². The molecule has 70 valence electrons. The Morgan fingerprint density at radius 2 is 2.50 bits per heavy atom. The Kier molecular flexibility index (Phi) is 3.59. The number of aldehydes is 1. The molecular formula is C9H16O2S. The summed E-state index contributed by atoms with van der Waals surface area (Å²) in [5, 5.41) is 0. The zero-order valence-electron chi connectivity index (χ0n) is 7.71. The van der Waals surface area contributed by atoms with Gasteiger partial charge >= 0.3 is 0 Å². The quantitative estimate of drug-likeness (QED) is 0.629. The predicted octanol–water partition coefficient (Wildman–Crippen LogP) is 1.73. The molecule has 0 spiro atoms. The van der Waals surface area contributed by atoms with Gasteiger partial charge in [-0.25, -0.2) is 0 Å². The van der Waals surface area contributed by atoms with Crippen LogP contribution in [-0.2, 0) is 9.53 Å². The van der Waals surface area contributed by atoms with Crippen LogP contribution in [0.4, 0.5) is 0 Å². The van der Waals surface area contributed by atoms with Gasteiger partial charge in [0.2, 0.25) is 0 Å². The summed E-state index contributed by atoms with van der Waals surface area (Å²) in [5.74, 6) is 1.46. The van der Waals surface area contributed by atoms with E-state index in [1.165, 1.54) is 0 Å². The first-order chi connectivity index (χ1) is 5.75. The van der Waals surface area contributed by atoms with Crippen molar-refractivity contribution >= 4 is 18.0 Å². The molecule has 0 aromatic carbocycles. The highest BCUT2D eigenvalue weighted by atomic mass is 32.2. The third-order valence-corrected chi connectivity index (χ3v) is 4.27. The molecule has 0 amide bonds. The van der Waals surface area contributed by atoms with Crippen LogP contribution in [0.5, 0.6) is 0 Å². The van der Waals surface area contributed by atoms with E-state index < -0.39 is 0 Å². The summed E-state index contributed by atoms with van der Waals surface area (Å²) >= 11 is 1.79. The van der Waals surface area contributed by atoms with Gasteiger partial charge in [-0.2, -0.15) is 0 Å². The lowest BCUT2D eigenvalue weighted by molar-refractivity contribution is -0.111. The maximum Gasteiger partial charge on any atom is 0.136 e.